The molecule has 1 saturated heterocycles. The first-order chi connectivity index (χ1) is 16.0. The van der Waals surface area contributed by atoms with Crippen molar-refractivity contribution in [3.05, 3.63) is 59.8 Å². The Morgan fingerprint density at radius 2 is 1.91 bits per heavy atom. The number of aryl methyl sites for hydroxylation is 1. The number of hydrogen-bond donors (Lipinski definition) is 3. The lowest BCUT2D eigenvalue weighted by molar-refractivity contribution is -0.117. The Morgan fingerprint density at radius 1 is 1.15 bits per heavy atom. The van der Waals surface area contributed by atoms with Crippen molar-refractivity contribution < 1.29 is 9.59 Å². The average molecular weight is 448 g/mol. The monoisotopic (exact) mass is 447 g/mol. The number of H-pyrrole nitrogens is 1. The number of hydrogen-bond acceptors (Lipinski definition) is 4. The van der Waals surface area contributed by atoms with Crippen molar-refractivity contribution in [2.75, 3.05) is 25.0 Å². The molecule has 1 aromatic heterocycles. The van der Waals surface area contributed by atoms with Gasteiger partial charge in [0.2, 0.25) is 5.91 Å². The number of aromatic amines is 1. The topological polar surface area (TPSA) is 90.1 Å². The first-order valence-corrected chi connectivity index (χ1v) is 11.8. The van der Waals surface area contributed by atoms with Gasteiger partial charge >= 0.3 is 0 Å². The molecule has 7 heteroatoms. The summed E-state index contributed by atoms with van der Waals surface area (Å²) >= 11 is 0. The summed E-state index contributed by atoms with van der Waals surface area (Å²) in [4.78, 5) is 27.2. The van der Waals surface area contributed by atoms with Gasteiger partial charge in [0.05, 0.1) is 12.1 Å². The summed E-state index contributed by atoms with van der Waals surface area (Å²) in [5, 5.41) is 14.1. The number of nitrogens with zero attached hydrogens (tertiary/aromatic N) is 2. The molecule has 4 rings (SSSR count). The van der Waals surface area contributed by atoms with Crippen molar-refractivity contribution in [2.24, 2.45) is 5.92 Å². The van der Waals surface area contributed by atoms with Gasteiger partial charge in [-0.05, 0) is 82.8 Å². The Kier molecular flexibility index (Phi) is 7.40. The number of benzene rings is 2. The minimum atomic E-state index is -0.126. The molecule has 1 atom stereocenters. The predicted octanol–water partition coefficient (Wildman–Crippen LogP) is 4.12. The third-order valence-corrected chi connectivity index (χ3v) is 6.45. The van der Waals surface area contributed by atoms with Crippen molar-refractivity contribution in [1.29, 1.82) is 0 Å². The fourth-order valence-corrected chi connectivity index (χ4v) is 4.51. The van der Waals surface area contributed by atoms with Crippen LogP contribution in [-0.2, 0) is 4.79 Å². The highest BCUT2D eigenvalue weighted by Crippen LogP contribution is 2.23. The van der Waals surface area contributed by atoms with Crippen LogP contribution in [0.4, 0.5) is 5.69 Å². The molecule has 1 unspecified atom stereocenters. The van der Waals surface area contributed by atoms with E-state index in [9.17, 15) is 9.59 Å². The van der Waals surface area contributed by atoms with E-state index in [4.69, 9.17) is 0 Å². The van der Waals surface area contributed by atoms with E-state index in [1.54, 1.807) is 0 Å². The Hall–Kier alpha value is -3.19. The SMILES string of the molecule is Cc1ccc2[nH]nc(C(=O)NC(C)CCC3CCN(CC(=O)Nc4ccccc4)CC3)c2c1. The number of rotatable bonds is 8. The Bertz CT molecular complexity index is 1090. The average Bonchev–Trinajstić information content (AvgIpc) is 3.22. The van der Waals surface area contributed by atoms with Gasteiger partial charge in [0.15, 0.2) is 5.69 Å². The van der Waals surface area contributed by atoms with Crippen LogP contribution in [0, 0.1) is 12.8 Å². The first-order valence-electron chi connectivity index (χ1n) is 11.8. The molecule has 0 saturated carbocycles. The number of carbonyl (C=O) groups excluding carboxylic acids is 2. The van der Waals surface area contributed by atoms with Crippen molar-refractivity contribution in [3.8, 4) is 0 Å². The lowest BCUT2D eigenvalue weighted by atomic mass is 9.91. The summed E-state index contributed by atoms with van der Waals surface area (Å²) in [6.07, 6.45) is 4.18. The molecular formula is C26H33N5O2. The molecular weight excluding hydrogens is 414 g/mol. The quantitative estimate of drug-likeness (QED) is 0.485. The molecule has 3 aromatic rings. The minimum absolute atomic E-state index is 0.0390. The molecule has 2 amide bonds. The molecule has 2 heterocycles. The van der Waals surface area contributed by atoms with Gasteiger partial charge in [0, 0.05) is 17.1 Å². The van der Waals surface area contributed by atoms with Crippen LogP contribution in [0.3, 0.4) is 0 Å². The van der Waals surface area contributed by atoms with Crippen LogP contribution in [0.2, 0.25) is 0 Å². The van der Waals surface area contributed by atoms with Crippen molar-refractivity contribution in [1.82, 2.24) is 20.4 Å². The van der Waals surface area contributed by atoms with Crippen molar-refractivity contribution in [3.63, 3.8) is 0 Å². The zero-order valence-electron chi connectivity index (χ0n) is 19.4. The lowest BCUT2D eigenvalue weighted by Crippen LogP contribution is -2.39. The number of nitrogens with one attached hydrogen (secondary N) is 3. The summed E-state index contributed by atoms with van der Waals surface area (Å²) in [7, 11) is 0. The number of fused-ring (bicyclic) bond motifs is 1. The van der Waals surface area contributed by atoms with E-state index in [1.807, 2.05) is 55.5 Å². The van der Waals surface area contributed by atoms with Gasteiger partial charge in [-0.15, -0.1) is 0 Å². The number of carbonyl (C=O) groups is 2. The van der Waals surface area contributed by atoms with Gasteiger partial charge in [0.25, 0.3) is 5.91 Å². The van der Waals surface area contributed by atoms with E-state index >= 15 is 0 Å². The van der Waals surface area contributed by atoms with Crippen LogP contribution in [0.25, 0.3) is 10.9 Å². The second-order valence-electron chi connectivity index (χ2n) is 9.21. The number of amides is 2. The fourth-order valence-electron chi connectivity index (χ4n) is 4.51. The first kappa shape index (κ1) is 23.0. The maximum Gasteiger partial charge on any atom is 0.272 e. The lowest BCUT2D eigenvalue weighted by Gasteiger charge is -2.32. The number of piperidine rings is 1. The summed E-state index contributed by atoms with van der Waals surface area (Å²) in [6.45, 7) is 6.38. The van der Waals surface area contributed by atoms with Crippen LogP contribution in [-0.4, -0.2) is 52.6 Å². The Morgan fingerprint density at radius 3 is 2.67 bits per heavy atom. The number of likely N-dealkylation sites (tertiary alicyclic amines) is 1. The normalized spacial score (nSPS) is 15.9. The Labute approximate surface area is 194 Å². The molecule has 7 nitrogen and oxygen atoms in total. The van der Waals surface area contributed by atoms with E-state index in [0.717, 1.165) is 60.9 Å². The highest BCUT2D eigenvalue weighted by atomic mass is 16.2. The molecule has 0 radical (unpaired) electrons. The van der Waals surface area contributed by atoms with E-state index in [0.29, 0.717) is 18.2 Å². The Balaban J connectivity index is 1.17. The number of aromatic nitrogens is 2. The summed E-state index contributed by atoms with van der Waals surface area (Å²) in [5.74, 6) is 0.544. The van der Waals surface area contributed by atoms with Crippen LogP contribution in [0.1, 0.15) is 48.7 Å². The van der Waals surface area contributed by atoms with Crippen LogP contribution in [0.5, 0.6) is 0 Å². The molecule has 2 aromatic carbocycles. The van der Waals surface area contributed by atoms with E-state index < -0.39 is 0 Å². The maximum atomic E-state index is 12.7. The van der Waals surface area contributed by atoms with Gasteiger partial charge in [-0.25, -0.2) is 0 Å². The van der Waals surface area contributed by atoms with E-state index in [-0.39, 0.29) is 17.9 Å². The molecule has 1 aliphatic heterocycles. The molecule has 0 spiro atoms. The predicted molar refractivity (Wildman–Crippen MR) is 131 cm³/mol. The summed E-state index contributed by atoms with van der Waals surface area (Å²) < 4.78 is 0. The summed E-state index contributed by atoms with van der Waals surface area (Å²) in [6, 6.07) is 15.6. The summed E-state index contributed by atoms with van der Waals surface area (Å²) in [5.41, 5.74) is 3.28. The van der Waals surface area contributed by atoms with E-state index in [1.165, 1.54) is 0 Å². The molecule has 3 N–H and O–H groups in total. The second-order valence-corrected chi connectivity index (χ2v) is 9.21. The van der Waals surface area contributed by atoms with E-state index in [2.05, 4.69) is 32.7 Å². The largest absolute Gasteiger partial charge is 0.348 e. The van der Waals surface area contributed by atoms with Crippen LogP contribution >= 0.6 is 0 Å². The molecule has 1 fully saturated rings. The standard InChI is InChI=1S/C26H33N5O2/c1-18-8-11-23-22(16-18)25(30-29-23)26(33)27-19(2)9-10-20-12-14-31(15-13-20)17-24(32)28-21-6-4-3-5-7-21/h3-8,11,16,19-20H,9-10,12-15,17H2,1-2H3,(H,27,33)(H,28,32)(H,29,30). The van der Waals surface area contributed by atoms with Gasteiger partial charge < -0.3 is 10.6 Å². The van der Waals surface area contributed by atoms with Gasteiger partial charge in [0.1, 0.15) is 0 Å². The zero-order valence-corrected chi connectivity index (χ0v) is 19.4. The van der Waals surface area contributed by atoms with Crippen molar-refractivity contribution >= 4 is 28.4 Å². The van der Waals surface area contributed by atoms with Gasteiger partial charge in [-0.2, -0.15) is 5.10 Å². The molecule has 1 aliphatic rings. The minimum Gasteiger partial charge on any atom is -0.348 e. The van der Waals surface area contributed by atoms with Gasteiger partial charge in [-0.1, -0.05) is 29.8 Å². The fraction of sp³-hybridized carbons (Fsp3) is 0.423. The third kappa shape index (κ3) is 6.20. The zero-order chi connectivity index (χ0) is 23.2. The van der Waals surface area contributed by atoms with Crippen molar-refractivity contribution in [2.45, 2.75) is 45.6 Å². The third-order valence-electron chi connectivity index (χ3n) is 6.45. The number of para-hydroxylation sites is 1. The number of anilines is 1. The van der Waals surface area contributed by atoms with Crippen LogP contribution < -0.4 is 10.6 Å². The molecule has 0 bridgehead atoms. The highest BCUT2D eigenvalue weighted by molar-refractivity contribution is 6.04. The molecule has 174 valence electrons. The van der Waals surface area contributed by atoms with Crippen LogP contribution in [0.15, 0.2) is 48.5 Å². The second kappa shape index (κ2) is 10.6. The maximum absolute atomic E-state index is 12.7. The molecule has 33 heavy (non-hydrogen) atoms. The molecule has 0 aliphatic carbocycles. The smallest absolute Gasteiger partial charge is 0.272 e. The highest BCUT2D eigenvalue weighted by Gasteiger charge is 2.22. The van der Waals surface area contributed by atoms with Gasteiger partial charge in [-0.3, -0.25) is 19.6 Å².